The van der Waals surface area contributed by atoms with Gasteiger partial charge in [0.1, 0.15) is 18.2 Å². The Bertz CT molecular complexity index is 876. The average Bonchev–Trinajstić information content (AvgIpc) is 2.82. The highest BCUT2D eigenvalue weighted by Crippen LogP contribution is 2.40. The minimum Gasteiger partial charge on any atom is -0.492 e. The summed E-state index contributed by atoms with van der Waals surface area (Å²) in [5.41, 5.74) is 1.08. The van der Waals surface area contributed by atoms with E-state index in [4.69, 9.17) is 4.74 Å². The molecule has 0 bridgehead atoms. The van der Waals surface area contributed by atoms with E-state index in [1.165, 1.54) is 31.4 Å². The van der Waals surface area contributed by atoms with Gasteiger partial charge < -0.3 is 10.1 Å². The van der Waals surface area contributed by atoms with Crippen LogP contribution in [0.3, 0.4) is 0 Å². The van der Waals surface area contributed by atoms with Gasteiger partial charge in [0.15, 0.2) is 0 Å². The first-order chi connectivity index (χ1) is 15.6. The standard InChI is InChI=1S/C27H35FN2O2/c1-21-7-3-6-18-30(21)19-20-32-25-14-12-24(13-15-25)29-26(31)27(16-4-2-5-17-27)22-8-10-23(28)11-9-22/h8-15,21H,2-7,16-20H2,1H3,(H,29,31)/t21-/m1/s1. The number of carbonyl (C=O) groups is 1. The lowest BCUT2D eigenvalue weighted by atomic mass is 9.68. The van der Waals surface area contributed by atoms with E-state index in [1.54, 1.807) is 12.1 Å². The fourth-order valence-corrected chi connectivity index (χ4v) is 5.23. The van der Waals surface area contributed by atoms with E-state index >= 15 is 0 Å². The smallest absolute Gasteiger partial charge is 0.235 e. The van der Waals surface area contributed by atoms with E-state index in [2.05, 4.69) is 17.1 Å². The predicted octanol–water partition coefficient (Wildman–Crippen LogP) is 5.92. The Labute approximate surface area is 191 Å². The Morgan fingerprint density at radius 1 is 1.03 bits per heavy atom. The Kier molecular flexibility index (Phi) is 7.46. The third kappa shape index (κ3) is 5.32. The number of hydrogen-bond donors (Lipinski definition) is 1. The largest absolute Gasteiger partial charge is 0.492 e. The fourth-order valence-electron chi connectivity index (χ4n) is 5.23. The first kappa shape index (κ1) is 22.8. The lowest BCUT2D eigenvalue weighted by molar-refractivity contribution is -0.122. The Hall–Kier alpha value is -2.40. The minimum atomic E-state index is -0.591. The van der Waals surface area contributed by atoms with Crippen molar-refractivity contribution in [2.24, 2.45) is 0 Å². The van der Waals surface area contributed by atoms with Gasteiger partial charge in [-0.1, -0.05) is 37.8 Å². The quantitative estimate of drug-likeness (QED) is 0.583. The second-order valence-corrected chi connectivity index (χ2v) is 9.36. The highest BCUT2D eigenvalue weighted by Gasteiger charge is 2.41. The normalized spacial score (nSPS) is 21.1. The van der Waals surface area contributed by atoms with Gasteiger partial charge in [0, 0.05) is 18.3 Å². The van der Waals surface area contributed by atoms with Gasteiger partial charge >= 0.3 is 0 Å². The number of hydrogen-bond acceptors (Lipinski definition) is 3. The van der Waals surface area contributed by atoms with Crippen LogP contribution in [0.5, 0.6) is 5.75 Å². The number of anilines is 1. The molecule has 172 valence electrons. The van der Waals surface area contributed by atoms with Gasteiger partial charge in [-0.2, -0.15) is 0 Å². The van der Waals surface area contributed by atoms with Gasteiger partial charge in [-0.15, -0.1) is 0 Å². The molecule has 2 aromatic rings. The van der Waals surface area contributed by atoms with Crippen LogP contribution in [0.25, 0.3) is 0 Å². The molecule has 2 fully saturated rings. The summed E-state index contributed by atoms with van der Waals surface area (Å²) in [4.78, 5) is 15.9. The highest BCUT2D eigenvalue weighted by molar-refractivity contribution is 5.99. The summed E-state index contributed by atoms with van der Waals surface area (Å²) in [6.07, 6.45) is 8.61. The zero-order chi connectivity index (χ0) is 22.4. The van der Waals surface area contributed by atoms with Crippen molar-refractivity contribution in [2.75, 3.05) is 25.0 Å². The Morgan fingerprint density at radius 3 is 2.44 bits per heavy atom. The van der Waals surface area contributed by atoms with Gasteiger partial charge in [0.2, 0.25) is 5.91 Å². The van der Waals surface area contributed by atoms with Crippen LogP contribution in [0.4, 0.5) is 10.1 Å². The first-order valence-electron chi connectivity index (χ1n) is 12.1. The van der Waals surface area contributed by atoms with Gasteiger partial charge in [0.05, 0.1) is 5.41 Å². The molecular formula is C27H35FN2O2. The third-order valence-electron chi connectivity index (χ3n) is 7.24. The molecule has 1 aliphatic heterocycles. The van der Waals surface area contributed by atoms with Crippen molar-refractivity contribution in [3.8, 4) is 5.75 Å². The number of rotatable bonds is 7. The summed E-state index contributed by atoms with van der Waals surface area (Å²) >= 11 is 0. The number of piperidine rings is 1. The molecule has 1 heterocycles. The number of ether oxygens (including phenoxy) is 1. The van der Waals surface area contributed by atoms with Crippen LogP contribution < -0.4 is 10.1 Å². The van der Waals surface area contributed by atoms with Crippen LogP contribution in [0.1, 0.15) is 63.9 Å². The van der Waals surface area contributed by atoms with E-state index in [-0.39, 0.29) is 11.7 Å². The molecule has 1 saturated heterocycles. The maximum Gasteiger partial charge on any atom is 0.235 e. The van der Waals surface area contributed by atoms with E-state index < -0.39 is 5.41 Å². The molecule has 2 aromatic carbocycles. The topological polar surface area (TPSA) is 41.6 Å². The zero-order valence-corrected chi connectivity index (χ0v) is 19.1. The molecule has 1 amide bonds. The van der Waals surface area contributed by atoms with Crippen LogP contribution in [-0.4, -0.2) is 36.5 Å². The highest BCUT2D eigenvalue weighted by atomic mass is 19.1. The van der Waals surface area contributed by atoms with Crippen LogP contribution in [-0.2, 0) is 10.2 Å². The zero-order valence-electron chi connectivity index (χ0n) is 19.1. The minimum absolute atomic E-state index is 0.00318. The maximum atomic E-state index is 13.5. The van der Waals surface area contributed by atoms with Gasteiger partial charge in [-0.05, 0) is 81.1 Å². The van der Waals surface area contributed by atoms with Gasteiger partial charge in [-0.3, -0.25) is 9.69 Å². The molecule has 0 spiro atoms. The van der Waals surface area contributed by atoms with E-state index in [1.807, 2.05) is 24.3 Å². The second kappa shape index (κ2) is 10.5. The summed E-state index contributed by atoms with van der Waals surface area (Å²) in [7, 11) is 0. The lowest BCUT2D eigenvalue weighted by Gasteiger charge is -2.36. The summed E-state index contributed by atoms with van der Waals surface area (Å²) < 4.78 is 19.4. The molecule has 4 nitrogen and oxygen atoms in total. The van der Waals surface area contributed by atoms with Crippen molar-refractivity contribution < 1.29 is 13.9 Å². The SMILES string of the molecule is C[C@@H]1CCCCN1CCOc1ccc(NC(=O)C2(c3ccc(F)cc3)CCCCC2)cc1. The molecule has 2 aliphatic rings. The molecule has 1 N–H and O–H groups in total. The number of amides is 1. The van der Waals surface area contributed by atoms with Crippen LogP contribution >= 0.6 is 0 Å². The first-order valence-corrected chi connectivity index (χ1v) is 12.1. The molecule has 1 saturated carbocycles. The molecular weight excluding hydrogens is 403 g/mol. The molecule has 0 aromatic heterocycles. The number of likely N-dealkylation sites (tertiary alicyclic amines) is 1. The van der Waals surface area contributed by atoms with Crippen molar-refractivity contribution in [3.05, 3.63) is 59.9 Å². The van der Waals surface area contributed by atoms with Gasteiger partial charge in [0.25, 0.3) is 0 Å². The van der Waals surface area contributed by atoms with Crippen molar-refractivity contribution in [1.29, 1.82) is 0 Å². The molecule has 1 atom stereocenters. The van der Waals surface area contributed by atoms with E-state index in [0.29, 0.717) is 12.6 Å². The number of nitrogens with zero attached hydrogens (tertiary/aromatic N) is 1. The summed E-state index contributed by atoms with van der Waals surface area (Å²) in [6.45, 7) is 5.07. The number of halogens is 1. The molecule has 4 rings (SSSR count). The Morgan fingerprint density at radius 2 is 1.75 bits per heavy atom. The second-order valence-electron chi connectivity index (χ2n) is 9.36. The third-order valence-corrected chi connectivity index (χ3v) is 7.24. The molecule has 0 unspecified atom stereocenters. The average molecular weight is 439 g/mol. The Balaban J connectivity index is 1.36. The maximum absolute atomic E-state index is 13.5. The fraction of sp³-hybridized carbons (Fsp3) is 0.519. The van der Waals surface area contributed by atoms with Gasteiger partial charge in [-0.25, -0.2) is 4.39 Å². The van der Waals surface area contributed by atoms with Crippen molar-refractivity contribution in [1.82, 2.24) is 4.90 Å². The van der Waals surface area contributed by atoms with Crippen LogP contribution in [0.2, 0.25) is 0 Å². The summed E-state index contributed by atoms with van der Waals surface area (Å²) in [6, 6.07) is 14.7. The molecule has 1 aliphatic carbocycles. The molecule has 5 heteroatoms. The van der Waals surface area contributed by atoms with Crippen LogP contribution in [0, 0.1) is 5.82 Å². The number of carbonyl (C=O) groups excluding carboxylic acids is 1. The van der Waals surface area contributed by atoms with Crippen molar-refractivity contribution in [2.45, 2.75) is 69.7 Å². The molecule has 32 heavy (non-hydrogen) atoms. The van der Waals surface area contributed by atoms with Crippen molar-refractivity contribution >= 4 is 11.6 Å². The van der Waals surface area contributed by atoms with E-state index in [0.717, 1.165) is 62.2 Å². The van der Waals surface area contributed by atoms with E-state index in [9.17, 15) is 9.18 Å². The lowest BCUT2D eigenvalue weighted by Crippen LogP contribution is -2.42. The predicted molar refractivity (Wildman–Crippen MR) is 127 cm³/mol. The number of benzene rings is 2. The monoisotopic (exact) mass is 438 g/mol. The summed E-state index contributed by atoms with van der Waals surface area (Å²) in [5.74, 6) is 0.542. The van der Waals surface area contributed by atoms with Crippen molar-refractivity contribution in [3.63, 3.8) is 0 Å². The summed E-state index contributed by atoms with van der Waals surface area (Å²) in [5, 5.41) is 3.11. The number of nitrogens with one attached hydrogen (secondary N) is 1. The molecule has 0 radical (unpaired) electrons. The van der Waals surface area contributed by atoms with Crippen LogP contribution in [0.15, 0.2) is 48.5 Å².